The quantitative estimate of drug-likeness (QED) is 0.836. The maximum Gasteiger partial charge on any atom is 0.411 e. The Bertz CT molecular complexity index is 338. The van der Waals surface area contributed by atoms with Crippen molar-refractivity contribution in [1.82, 2.24) is 0 Å². The number of aliphatic hydroxyl groups excluding tert-OH is 1. The lowest BCUT2D eigenvalue weighted by Gasteiger charge is -2.13. The van der Waals surface area contributed by atoms with E-state index in [1.54, 1.807) is 24.3 Å². The van der Waals surface area contributed by atoms with E-state index in [1.807, 2.05) is 0 Å². The van der Waals surface area contributed by atoms with Crippen molar-refractivity contribution in [2.75, 3.05) is 13.2 Å². The summed E-state index contributed by atoms with van der Waals surface area (Å²) in [5.41, 5.74) is 6.78. The van der Waals surface area contributed by atoms with Crippen LogP contribution in [0.4, 0.5) is 13.2 Å². The van der Waals surface area contributed by atoms with Gasteiger partial charge in [-0.25, -0.2) is 0 Å². The Labute approximate surface area is 97.0 Å². The minimum absolute atomic E-state index is 0.376. The van der Waals surface area contributed by atoms with E-state index in [-0.39, 0.29) is 6.61 Å². The average molecular weight is 249 g/mol. The fourth-order valence-corrected chi connectivity index (χ4v) is 1.26. The summed E-state index contributed by atoms with van der Waals surface area (Å²) in [4.78, 5) is 0. The third-order valence-electron chi connectivity index (χ3n) is 2.14. The van der Waals surface area contributed by atoms with Crippen LogP contribution in [-0.4, -0.2) is 24.5 Å². The number of rotatable bonds is 5. The fourth-order valence-electron chi connectivity index (χ4n) is 1.26. The second kappa shape index (κ2) is 6.00. The number of hydrogen-bond acceptors (Lipinski definition) is 3. The van der Waals surface area contributed by atoms with Crippen LogP contribution in [0, 0.1) is 0 Å². The molecule has 1 aromatic carbocycles. The molecular formula is C11H14F3NO2. The van der Waals surface area contributed by atoms with Crippen molar-refractivity contribution >= 4 is 0 Å². The first kappa shape index (κ1) is 14.0. The van der Waals surface area contributed by atoms with Crippen molar-refractivity contribution in [3.63, 3.8) is 0 Å². The molecule has 0 aliphatic rings. The van der Waals surface area contributed by atoms with Crippen LogP contribution in [0.1, 0.15) is 17.2 Å². The number of halogens is 3. The molecule has 0 spiro atoms. The molecule has 1 rings (SSSR count). The second-order valence-electron chi connectivity index (χ2n) is 3.59. The molecule has 0 aliphatic heterocycles. The van der Waals surface area contributed by atoms with Crippen LogP contribution in [0.3, 0.4) is 0 Å². The molecule has 0 aliphatic carbocycles. The number of aliphatic hydroxyl groups is 1. The van der Waals surface area contributed by atoms with E-state index in [0.29, 0.717) is 12.1 Å². The maximum atomic E-state index is 11.8. The molecule has 0 fully saturated rings. The summed E-state index contributed by atoms with van der Waals surface area (Å²) in [6, 6.07) is 6.65. The van der Waals surface area contributed by atoms with Crippen LogP contribution >= 0.6 is 0 Å². The van der Waals surface area contributed by atoms with Gasteiger partial charge in [-0.1, -0.05) is 24.3 Å². The number of nitrogens with two attached hydrogens (primary N) is 1. The third-order valence-corrected chi connectivity index (χ3v) is 2.14. The van der Waals surface area contributed by atoms with Gasteiger partial charge >= 0.3 is 6.18 Å². The Kier molecular flexibility index (Phi) is 4.92. The van der Waals surface area contributed by atoms with E-state index in [2.05, 4.69) is 4.74 Å². The molecule has 1 unspecified atom stereocenters. The zero-order chi connectivity index (χ0) is 12.9. The Morgan fingerprint density at radius 2 is 1.82 bits per heavy atom. The molecule has 0 saturated heterocycles. The van der Waals surface area contributed by atoms with E-state index >= 15 is 0 Å². The zero-order valence-corrected chi connectivity index (χ0v) is 9.07. The summed E-state index contributed by atoms with van der Waals surface area (Å²) in [5.74, 6) is 0. The summed E-state index contributed by atoms with van der Waals surface area (Å²) in [6.45, 7) is -1.37. The fraction of sp³-hybridized carbons (Fsp3) is 0.455. The lowest BCUT2D eigenvalue weighted by atomic mass is 10.1. The number of ether oxygens (including phenoxy) is 1. The standard InChI is InChI=1S/C11H14F3NO2/c12-11(13,14)7-17-6-10(16)9-3-1-8(5-15)2-4-9/h1-4,10,16H,5-7,15H2. The minimum atomic E-state index is -4.37. The monoisotopic (exact) mass is 249 g/mol. The van der Waals surface area contributed by atoms with E-state index in [9.17, 15) is 18.3 Å². The highest BCUT2D eigenvalue weighted by molar-refractivity contribution is 5.23. The van der Waals surface area contributed by atoms with Gasteiger partial charge in [-0.2, -0.15) is 13.2 Å². The second-order valence-corrected chi connectivity index (χ2v) is 3.59. The lowest BCUT2D eigenvalue weighted by molar-refractivity contribution is -0.179. The summed E-state index contributed by atoms with van der Waals surface area (Å²) in [5, 5.41) is 9.56. The van der Waals surface area contributed by atoms with Gasteiger partial charge in [0.05, 0.1) is 6.61 Å². The number of alkyl halides is 3. The average Bonchev–Trinajstić information content (AvgIpc) is 2.27. The molecule has 6 heteroatoms. The SMILES string of the molecule is NCc1ccc(C(O)COCC(F)(F)F)cc1. The molecule has 0 saturated carbocycles. The number of hydrogen-bond donors (Lipinski definition) is 2. The normalized spacial score (nSPS) is 13.7. The van der Waals surface area contributed by atoms with Gasteiger partial charge in [-0.05, 0) is 11.1 Å². The highest BCUT2D eigenvalue weighted by Crippen LogP contribution is 2.18. The van der Waals surface area contributed by atoms with E-state index < -0.39 is 18.9 Å². The number of benzene rings is 1. The molecule has 1 atom stereocenters. The highest BCUT2D eigenvalue weighted by atomic mass is 19.4. The van der Waals surface area contributed by atoms with Gasteiger partial charge < -0.3 is 15.6 Å². The first-order valence-electron chi connectivity index (χ1n) is 5.04. The molecule has 3 nitrogen and oxygen atoms in total. The smallest absolute Gasteiger partial charge is 0.386 e. The third kappa shape index (κ3) is 5.16. The van der Waals surface area contributed by atoms with Gasteiger partial charge in [0.15, 0.2) is 0 Å². The first-order valence-corrected chi connectivity index (χ1v) is 5.04. The Hall–Kier alpha value is -1.11. The van der Waals surface area contributed by atoms with Crippen molar-refractivity contribution in [3.8, 4) is 0 Å². The first-order chi connectivity index (χ1) is 7.92. The summed E-state index contributed by atoms with van der Waals surface area (Å²) in [7, 11) is 0. The molecule has 0 heterocycles. The largest absolute Gasteiger partial charge is 0.411 e. The zero-order valence-electron chi connectivity index (χ0n) is 9.07. The van der Waals surface area contributed by atoms with Crippen LogP contribution in [0.2, 0.25) is 0 Å². The molecule has 3 N–H and O–H groups in total. The highest BCUT2D eigenvalue weighted by Gasteiger charge is 2.27. The van der Waals surface area contributed by atoms with E-state index in [4.69, 9.17) is 5.73 Å². The molecule has 1 aromatic rings. The maximum absolute atomic E-state index is 11.8. The van der Waals surface area contributed by atoms with Gasteiger partial charge in [0.2, 0.25) is 0 Å². The molecule has 96 valence electrons. The van der Waals surface area contributed by atoms with Crippen LogP contribution in [0.25, 0.3) is 0 Å². The summed E-state index contributed by atoms with van der Waals surface area (Å²) < 4.78 is 39.7. The molecule has 0 bridgehead atoms. The Morgan fingerprint density at radius 1 is 1.24 bits per heavy atom. The predicted octanol–water partition coefficient (Wildman–Crippen LogP) is 1.76. The van der Waals surface area contributed by atoms with Gasteiger partial charge in [0, 0.05) is 6.54 Å². The predicted molar refractivity (Wildman–Crippen MR) is 56.2 cm³/mol. The van der Waals surface area contributed by atoms with Gasteiger partial charge in [-0.15, -0.1) is 0 Å². The van der Waals surface area contributed by atoms with Crippen molar-refractivity contribution in [3.05, 3.63) is 35.4 Å². The summed E-state index contributed by atoms with van der Waals surface area (Å²) in [6.07, 6.45) is -5.44. The lowest BCUT2D eigenvalue weighted by Crippen LogP contribution is -2.19. The molecule has 17 heavy (non-hydrogen) atoms. The van der Waals surface area contributed by atoms with Crippen LogP contribution in [0.5, 0.6) is 0 Å². The van der Waals surface area contributed by atoms with Crippen LogP contribution < -0.4 is 5.73 Å². The topological polar surface area (TPSA) is 55.5 Å². The van der Waals surface area contributed by atoms with Gasteiger partial charge in [0.1, 0.15) is 12.7 Å². The molecule has 0 amide bonds. The van der Waals surface area contributed by atoms with Crippen molar-refractivity contribution in [2.24, 2.45) is 5.73 Å². The van der Waals surface area contributed by atoms with Gasteiger partial charge in [-0.3, -0.25) is 0 Å². The van der Waals surface area contributed by atoms with Gasteiger partial charge in [0.25, 0.3) is 0 Å². The van der Waals surface area contributed by atoms with Crippen molar-refractivity contribution < 1.29 is 23.0 Å². The molecule has 0 aromatic heterocycles. The molecule has 0 radical (unpaired) electrons. The van der Waals surface area contributed by atoms with Crippen molar-refractivity contribution in [2.45, 2.75) is 18.8 Å². The molecular weight excluding hydrogens is 235 g/mol. The Balaban J connectivity index is 2.43. The van der Waals surface area contributed by atoms with Crippen LogP contribution in [-0.2, 0) is 11.3 Å². The minimum Gasteiger partial charge on any atom is -0.386 e. The van der Waals surface area contributed by atoms with Crippen LogP contribution in [0.15, 0.2) is 24.3 Å². The Morgan fingerprint density at radius 3 is 2.29 bits per heavy atom. The summed E-state index contributed by atoms with van der Waals surface area (Å²) >= 11 is 0. The van der Waals surface area contributed by atoms with E-state index in [1.165, 1.54) is 0 Å². The van der Waals surface area contributed by atoms with Crippen molar-refractivity contribution in [1.29, 1.82) is 0 Å². The van der Waals surface area contributed by atoms with E-state index in [0.717, 1.165) is 5.56 Å².